The number of hydrogen-bond donors (Lipinski definition) is 1. The maximum atomic E-state index is 13.1. The van der Waals surface area contributed by atoms with Crippen LogP contribution in [0.25, 0.3) is 0 Å². The number of carbonyl (C=O) groups is 1. The molecule has 1 N–H and O–H groups in total. The summed E-state index contributed by atoms with van der Waals surface area (Å²) in [5.74, 6) is -0.640. The molecule has 1 atom stereocenters. The van der Waals surface area contributed by atoms with Gasteiger partial charge in [0.25, 0.3) is 0 Å². The molecule has 5 nitrogen and oxygen atoms in total. The van der Waals surface area contributed by atoms with Crippen LogP contribution in [0.15, 0.2) is 48.5 Å². The minimum Gasteiger partial charge on any atom is -0.349 e. The number of nitrogens with one attached hydrogen (secondary N) is 1. The van der Waals surface area contributed by atoms with Crippen LogP contribution in [0.4, 0.5) is 4.39 Å². The van der Waals surface area contributed by atoms with Crippen molar-refractivity contribution in [2.45, 2.75) is 38.5 Å². The summed E-state index contributed by atoms with van der Waals surface area (Å²) in [4.78, 5) is 12.6. The van der Waals surface area contributed by atoms with Crippen molar-refractivity contribution in [3.05, 3.63) is 71.0 Å². The SMILES string of the molecule is Cc1ccc(CS(=O)(=O)N2CCC(C(=O)N[C@H](C)c3ccc(F)cc3)CC2)cc1. The Morgan fingerprint density at radius 1 is 1.10 bits per heavy atom. The number of halogens is 1. The summed E-state index contributed by atoms with van der Waals surface area (Å²) in [7, 11) is -3.40. The van der Waals surface area contributed by atoms with Gasteiger partial charge in [0.15, 0.2) is 0 Å². The first-order chi connectivity index (χ1) is 13.7. The standard InChI is InChI=1S/C22H27FN2O3S/c1-16-3-5-18(6-4-16)15-29(27,28)25-13-11-20(12-14-25)22(26)24-17(2)19-7-9-21(23)10-8-19/h3-10,17,20H,11-15H2,1-2H3,(H,24,26)/t17-/m1/s1. The molecule has 2 aromatic rings. The van der Waals surface area contributed by atoms with E-state index in [1.54, 1.807) is 12.1 Å². The van der Waals surface area contributed by atoms with Crippen LogP contribution >= 0.6 is 0 Å². The third kappa shape index (κ3) is 5.64. The van der Waals surface area contributed by atoms with E-state index in [-0.39, 0.29) is 29.4 Å². The van der Waals surface area contributed by atoms with Gasteiger partial charge in [-0.2, -0.15) is 0 Å². The van der Waals surface area contributed by atoms with E-state index >= 15 is 0 Å². The van der Waals surface area contributed by atoms with Crippen LogP contribution in [0.1, 0.15) is 42.5 Å². The summed E-state index contributed by atoms with van der Waals surface area (Å²) in [5.41, 5.74) is 2.69. The molecule has 1 saturated heterocycles. The van der Waals surface area contributed by atoms with Crippen molar-refractivity contribution < 1.29 is 17.6 Å². The number of piperidine rings is 1. The first-order valence-corrected chi connectivity index (χ1v) is 11.4. The minimum atomic E-state index is -3.40. The fourth-order valence-corrected chi connectivity index (χ4v) is 5.11. The maximum absolute atomic E-state index is 13.1. The van der Waals surface area contributed by atoms with Crippen molar-refractivity contribution in [2.75, 3.05) is 13.1 Å². The number of nitrogens with zero attached hydrogens (tertiary/aromatic N) is 1. The summed E-state index contributed by atoms with van der Waals surface area (Å²) in [6.45, 7) is 4.51. The Balaban J connectivity index is 1.53. The van der Waals surface area contributed by atoms with Gasteiger partial charge in [0.1, 0.15) is 5.82 Å². The molecule has 2 aromatic carbocycles. The molecular weight excluding hydrogens is 391 g/mol. The molecular formula is C22H27FN2O3S. The Morgan fingerprint density at radius 2 is 1.69 bits per heavy atom. The van der Waals surface area contributed by atoms with E-state index in [1.165, 1.54) is 16.4 Å². The molecule has 1 amide bonds. The highest BCUT2D eigenvalue weighted by Crippen LogP contribution is 2.23. The second-order valence-corrected chi connectivity index (χ2v) is 9.67. The fourth-order valence-electron chi connectivity index (χ4n) is 3.55. The third-order valence-electron chi connectivity index (χ3n) is 5.42. The van der Waals surface area contributed by atoms with E-state index in [9.17, 15) is 17.6 Å². The van der Waals surface area contributed by atoms with Crippen LogP contribution < -0.4 is 5.32 Å². The Hall–Kier alpha value is -2.25. The van der Waals surface area contributed by atoms with E-state index < -0.39 is 10.0 Å². The van der Waals surface area contributed by atoms with Gasteiger partial charge in [0.05, 0.1) is 11.8 Å². The Labute approximate surface area is 172 Å². The summed E-state index contributed by atoms with van der Waals surface area (Å²) in [5, 5.41) is 2.95. The van der Waals surface area contributed by atoms with Crippen LogP contribution in [0.3, 0.4) is 0 Å². The predicted molar refractivity (Wildman–Crippen MR) is 111 cm³/mol. The topological polar surface area (TPSA) is 66.5 Å². The normalized spacial score (nSPS) is 17.1. The second kappa shape index (κ2) is 9.05. The molecule has 1 aliphatic heterocycles. The summed E-state index contributed by atoms with van der Waals surface area (Å²) >= 11 is 0. The van der Waals surface area contributed by atoms with E-state index in [0.717, 1.165) is 16.7 Å². The van der Waals surface area contributed by atoms with Crippen molar-refractivity contribution in [3.8, 4) is 0 Å². The average molecular weight is 419 g/mol. The van der Waals surface area contributed by atoms with Gasteiger partial charge < -0.3 is 5.32 Å². The number of aryl methyl sites for hydroxylation is 1. The Bertz CT molecular complexity index is 935. The van der Waals surface area contributed by atoms with Crippen LogP contribution in [0, 0.1) is 18.7 Å². The van der Waals surface area contributed by atoms with Gasteiger partial charge in [0.2, 0.25) is 15.9 Å². The molecule has 29 heavy (non-hydrogen) atoms. The van der Waals surface area contributed by atoms with Gasteiger partial charge in [0, 0.05) is 19.0 Å². The van der Waals surface area contributed by atoms with Gasteiger partial charge in [-0.3, -0.25) is 4.79 Å². The summed E-state index contributed by atoms with van der Waals surface area (Å²) in [6, 6.07) is 13.3. The molecule has 156 valence electrons. The fraction of sp³-hybridized carbons (Fsp3) is 0.409. The highest BCUT2D eigenvalue weighted by molar-refractivity contribution is 7.88. The van der Waals surface area contributed by atoms with Gasteiger partial charge in [-0.15, -0.1) is 0 Å². The van der Waals surface area contributed by atoms with Crippen molar-refractivity contribution in [1.82, 2.24) is 9.62 Å². The molecule has 0 saturated carbocycles. The van der Waals surface area contributed by atoms with E-state index in [1.807, 2.05) is 38.1 Å². The predicted octanol–water partition coefficient (Wildman–Crippen LogP) is 3.55. The first kappa shape index (κ1) is 21.5. The van der Waals surface area contributed by atoms with E-state index in [4.69, 9.17) is 0 Å². The van der Waals surface area contributed by atoms with Gasteiger partial charge >= 0.3 is 0 Å². The van der Waals surface area contributed by atoms with E-state index in [2.05, 4.69) is 5.32 Å². The lowest BCUT2D eigenvalue weighted by Crippen LogP contribution is -2.43. The van der Waals surface area contributed by atoms with Gasteiger partial charge in [-0.1, -0.05) is 42.0 Å². The molecule has 1 aliphatic rings. The molecule has 0 radical (unpaired) electrons. The number of sulfonamides is 1. The van der Waals surface area contributed by atoms with Crippen LogP contribution in [0.2, 0.25) is 0 Å². The van der Waals surface area contributed by atoms with E-state index in [0.29, 0.717) is 25.9 Å². The highest BCUT2D eigenvalue weighted by atomic mass is 32.2. The molecule has 0 aliphatic carbocycles. The average Bonchev–Trinajstić information content (AvgIpc) is 2.70. The number of amides is 1. The molecule has 7 heteroatoms. The smallest absolute Gasteiger partial charge is 0.223 e. The molecule has 0 unspecified atom stereocenters. The monoisotopic (exact) mass is 418 g/mol. The van der Waals surface area contributed by atoms with Crippen LogP contribution in [-0.2, 0) is 20.6 Å². The van der Waals surface area contributed by atoms with Crippen molar-refractivity contribution in [3.63, 3.8) is 0 Å². The number of hydrogen-bond acceptors (Lipinski definition) is 3. The zero-order valence-electron chi connectivity index (χ0n) is 16.8. The Kier molecular flexibility index (Phi) is 6.70. The molecule has 0 spiro atoms. The maximum Gasteiger partial charge on any atom is 0.223 e. The second-order valence-electron chi connectivity index (χ2n) is 7.70. The third-order valence-corrected chi connectivity index (χ3v) is 7.27. The minimum absolute atomic E-state index is 0.0221. The molecule has 3 rings (SSSR count). The molecule has 1 heterocycles. The largest absolute Gasteiger partial charge is 0.349 e. The molecule has 0 bridgehead atoms. The highest BCUT2D eigenvalue weighted by Gasteiger charge is 2.31. The van der Waals surface area contributed by atoms with Gasteiger partial charge in [-0.25, -0.2) is 17.1 Å². The van der Waals surface area contributed by atoms with Crippen molar-refractivity contribution in [2.24, 2.45) is 5.92 Å². The number of rotatable bonds is 6. The molecule has 1 fully saturated rings. The van der Waals surface area contributed by atoms with Crippen LogP contribution in [0.5, 0.6) is 0 Å². The summed E-state index contributed by atoms with van der Waals surface area (Å²) in [6.07, 6.45) is 0.990. The lowest BCUT2D eigenvalue weighted by Gasteiger charge is -2.31. The Morgan fingerprint density at radius 3 is 2.28 bits per heavy atom. The lowest BCUT2D eigenvalue weighted by atomic mass is 9.96. The zero-order chi connectivity index (χ0) is 21.0. The number of carbonyl (C=O) groups excluding carboxylic acids is 1. The number of benzene rings is 2. The quantitative estimate of drug-likeness (QED) is 0.780. The first-order valence-electron chi connectivity index (χ1n) is 9.84. The molecule has 0 aromatic heterocycles. The lowest BCUT2D eigenvalue weighted by molar-refractivity contribution is -0.126. The zero-order valence-corrected chi connectivity index (χ0v) is 17.6. The van der Waals surface area contributed by atoms with Crippen molar-refractivity contribution >= 4 is 15.9 Å². The summed E-state index contributed by atoms with van der Waals surface area (Å²) < 4.78 is 39.9. The van der Waals surface area contributed by atoms with Crippen LogP contribution in [-0.4, -0.2) is 31.7 Å². The van der Waals surface area contributed by atoms with Gasteiger partial charge in [-0.05, 0) is 49.9 Å². The van der Waals surface area contributed by atoms with Crippen molar-refractivity contribution in [1.29, 1.82) is 0 Å².